The first kappa shape index (κ1) is 35.0. The number of ether oxygens (including phenoxy) is 2. The highest BCUT2D eigenvalue weighted by molar-refractivity contribution is 6.01. The number of amides is 2. The Balaban J connectivity index is 0.000000573. The third-order valence-electron chi connectivity index (χ3n) is 4.52. The van der Waals surface area contributed by atoms with Gasteiger partial charge in [0.05, 0.1) is 38.9 Å². The number of nitrogens with zero attached hydrogens (tertiary/aromatic N) is 1. The Hall–Kier alpha value is -4.02. The maximum atomic E-state index is 11.3. The molecule has 0 radical (unpaired) electrons. The van der Waals surface area contributed by atoms with Crippen LogP contribution in [0.15, 0.2) is 48.6 Å². The smallest absolute Gasteiger partial charge is 0.333 e. The van der Waals surface area contributed by atoms with Crippen molar-refractivity contribution in [1.82, 2.24) is 5.06 Å². The van der Waals surface area contributed by atoms with Crippen molar-refractivity contribution in [2.45, 2.75) is 78.1 Å². The van der Waals surface area contributed by atoms with E-state index in [1.54, 1.807) is 0 Å². The van der Waals surface area contributed by atoms with E-state index in [-0.39, 0.29) is 38.5 Å². The van der Waals surface area contributed by atoms with Crippen LogP contribution in [0, 0.1) is 0 Å². The Morgan fingerprint density at radius 2 is 1.08 bits per heavy atom. The summed E-state index contributed by atoms with van der Waals surface area (Å²) < 4.78 is 9.40. The molecular formula is C28H39NO10. The van der Waals surface area contributed by atoms with E-state index in [4.69, 9.17) is 9.84 Å². The zero-order valence-corrected chi connectivity index (χ0v) is 22.7. The van der Waals surface area contributed by atoms with Crippen LogP contribution in [0.2, 0.25) is 0 Å². The number of hydrogen-bond acceptors (Lipinski definition) is 9. The highest BCUT2D eigenvalue weighted by Gasteiger charge is 2.32. The largest absolute Gasteiger partial charge is 0.481 e. The molecule has 0 aromatic rings. The van der Waals surface area contributed by atoms with Crippen LogP contribution >= 0.6 is 0 Å². The van der Waals surface area contributed by atoms with Crippen LogP contribution in [0.5, 0.6) is 0 Å². The van der Waals surface area contributed by atoms with Gasteiger partial charge in [-0.3, -0.25) is 24.0 Å². The average molecular weight is 550 g/mol. The summed E-state index contributed by atoms with van der Waals surface area (Å²) in [5.74, 6) is -3.79. The summed E-state index contributed by atoms with van der Waals surface area (Å²) >= 11 is 0. The molecule has 3 rings (SSSR count). The number of hydroxylamine groups is 2. The van der Waals surface area contributed by atoms with Gasteiger partial charge in [-0.2, -0.15) is 0 Å². The molecule has 1 N–H and O–H groups in total. The average Bonchev–Trinajstić information content (AvgIpc) is 3.73. The van der Waals surface area contributed by atoms with Gasteiger partial charge in [-0.05, 0) is 25.7 Å². The van der Waals surface area contributed by atoms with Gasteiger partial charge in [0.25, 0.3) is 11.8 Å². The van der Waals surface area contributed by atoms with Crippen LogP contribution in [-0.2, 0) is 43.1 Å². The second kappa shape index (κ2) is 23.1. The third-order valence-corrected chi connectivity index (χ3v) is 4.52. The molecule has 0 unspecified atom stereocenters. The molecule has 39 heavy (non-hydrogen) atoms. The topological polar surface area (TPSA) is 154 Å². The number of esters is 2. The standard InChI is InChI=1S/C11H15NO6.C7H12O4.2C5H6/c1-2-7-17-10(15)5-6-11(16)18-12-8(13)3-4-9(12)14;1-2-5-11-7(10)4-3-6(8)9;2*1-2-4-5-3-1/h2-7H2,1H3;2-5H2,1H3,(H,8,9);2*1-4H,5H2. The zero-order valence-electron chi connectivity index (χ0n) is 22.7. The zero-order chi connectivity index (χ0) is 29.3. The highest BCUT2D eigenvalue weighted by atomic mass is 16.7. The summed E-state index contributed by atoms with van der Waals surface area (Å²) in [6.45, 7) is 4.41. The quantitative estimate of drug-likeness (QED) is 0.294. The second-order valence-electron chi connectivity index (χ2n) is 8.06. The molecule has 0 saturated carbocycles. The minimum absolute atomic E-state index is 0.0324. The molecule has 0 bridgehead atoms. The normalized spacial score (nSPS) is 13.9. The number of rotatable bonds is 11. The molecule has 1 fully saturated rings. The molecule has 0 aromatic heterocycles. The van der Waals surface area contributed by atoms with Crippen molar-refractivity contribution in [1.29, 1.82) is 0 Å². The van der Waals surface area contributed by atoms with Gasteiger partial charge in [0.1, 0.15) is 0 Å². The van der Waals surface area contributed by atoms with Gasteiger partial charge in [0.15, 0.2) is 0 Å². The molecule has 3 aliphatic rings. The SMILES string of the molecule is C1=CCC=C1.C1=CCC=C1.CCCOC(=O)CCC(=O)O.CCCOC(=O)CCC(=O)ON1C(=O)CCC1=O. The number of allylic oxidation sites excluding steroid dienone is 8. The van der Waals surface area contributed by atoms with Crippen LogP contribution in [0.25, 0.3) is 0 Å². The molecule has 0 spiro atoms. The fraction of sp³-hybridized carbons (Fsp3) is 0.500. The van der Waals surface area contributed by atoms with Crippen molar-refractivity contribution in [2.24, 2.45) is 0 Å². The minimum atomic E-state index is -0.974. The summed E-state index contributed by atoms with van der Waals surface area (Å²) in [5, 5.41) is 8.64. The predicted octanol–water partition coefficient (Wildman–Crippen LogP) is 4.14. The summed E-state index contributed by atoms with van der Waals surface area (Å²) in [4.78, 5) is 69.8. The molecular weight excluding hydrogens is 510 g/mol. The summed E-state index contributed by atoms with van der Waals surface area (Å²) in [5.41, 5.74) is 0. The maximum absolute atomic E-state index is 11.3. The van der Waals surface area contributed by atoms with Crippen molar-refractivity contribution in [2.75, 3.05) is 13.2 Å². The van der Waals surface area contributed by atoms with Crippen molar-refractivity contribution < 1.29 is 48.2 Å². The van der Waals surface area contributed by atoms with Crippen LogP contribution in [0.1, 0.15) is 78.1 Å². The van der Waals surface area contributed by atoms with Crippen LogP contribution < -0.4 is 0 Å². The van der Waals surface area contributed by atoms with E-state index in [0.29, 0.717) is 24.7 Å². The fourth-order valence-electron chi connectivity index (χ4n) is 2.58. The molecule has 1 heterocycles. The Labute approximate surface area is 229 Å². The molecule has 0 atom stereocenters. The molecule has 216 valence electrons. The molecule has 2 aliphatic carbocycles. The van der Waals surface area contributed by atoms with Crippen LogP contribution in [0.3, 0.4) is 0 Å². The first-order chi connectivity index (χ1) is 18.7. The van der Waals surface area contributed by atoms with Gasteiger partial charge < -0.3 is 19.4 Å². The lowest BCUT2D eigenvalue weighted by Crippen LogP contribution is -2.32. The Bertz CT molecular complexity index is 859. The maximum Gasteiger partial charge on any atom is 0.333 e. The van der Waals surface area contributed by atoms with Crippen LogP contribution in [0.4, 0.5) is 0 Å². The van der Waals surface area contributed by atoms with E-state index in [9.17, 15) is 28.8 Å². The number of imide groups is 1. The minimum Gasteiger partial charge on any atom is -0.481 e. The first-order valence-electron chi connectivity index (χ1n) is 12.9. The summed E-state index contributed by atoms with van der Waals surface area (Å²) in [6, 6.07) is 0. The second-order valence-corrected chi connectivity index (χ2v) is 8.06. The number of hydrogen-bond donors (Lipinski definition) is 1. The third kappa shape index (κ3) is 20.7. The molecule has 1 saturated heterocycles. The first-order valence-corrected chi connectivity index (χ1v) is 12.9. The number of carboxylic acids is 1. The summed E-state index contributed by atoms with van der Waals surface area (Å²) in [6.07, 6.45) is 20.0. The molecule has 11 nitrogen and oxygen atoms in total. The van der Waals surface area contributed by atoms with Gasteiger partial charge in [0, 0.05) is 12.8 Å². The Morgan fingerprint density at radius 3 is 1.41 bits per heavy atom. The number of carboxylic acid groups (broad SMARTS) is 1. The summed E-state index contributed by atoms with van der Waals surface area (Å²) in [7, 11) is 0. The van der Waals surface area contributed by atoms with Gasteiger partial charge in [0.2, 0.25) is 0 Å². The highest BCUT2D eigenvalue weighted by Crippen LogP contribution is 2.13. The van der Waals surface area contributed by atoms with Gasteiger partial charge in [-0.1, -0.05) is 62.5 Å². The number of carbonyl (C=O) groups is 6. The van der Waals surface area contributed by atoms with E-state index in [1.807, 2.05) is 13.8 Å². The van der Waals surface area contributed by atoms with E-state index in [2.05, 4.69) is 58.2 Å². The number of carbonyl (C=O) groups excluding carboxylic acids is 5. The lowest BCUT2D eigenvalue weighted by molar-refractivity contribution is -0.197. The van der Waals surface area contributed by atoms with Gasteiger partial charge >= 0.3 is 23.9 Å². The predicted molar refractivity (Wildman–Crippen MR) is 142 cm³/mol. The van der Waals surface area contributed by atoms with E-state index < -0.39 is 35.7 Å². The number of aliphatic carboxylic acids is 1. The Kier molecular flexibility index (Phi) is 20.7. The van der Waals surface area contributed by atoms with Crippen molar-refractivity contribution in [3.63, 3.8) is 0 Å². The molecule has 1 aliphatic heterocycles. The molecule has 11 heteroatoms. The molecule has 2 amide bonds. The van der Waals surface area contributed by atoms with E-state index >= 15 is 0 Å². The van der Waals surface area contributed by atoms with Crippen LogP contribution in [-0.4, -0.2) is 59.1 Å². The fourth-order valence-corrected chi connectivity index (χ4v) is 2.58. The monoisotopic (exact) mass is 549 g/mol. The van der Waals surface area contributed by atoms with Gasteiger partial charge in [-0.15, -0.1) is 5.06 Å². The van der Waals surface area contributed by atoms with Crippen molar-refractivity contribution in [3.05, 3.63) is 48.6 Å². The molecule has 0 aromatic carbocycles. The lowest BCUT2D eigenvalue weighted by Gasteiger charge is -2.12. The van der Waals surface area contributed by atoms with Gasteiger partial charge in [-0.25, -0.2) is 4.79 Å². The van der Waals surface area contributed by atoms with E-state index in [0.717, 1.165) is 19.3 Å². The lowest BCUT2D eigenvalue weighted by atomic mass is 10.3. The van der Waals surface area contributed by atoms with Crippen molar-refractivity contribution in [3.8, 4) is 0 Å². The Morgan fingerprint density at radius 1 is 0.692 bits per heavy atom. The van der Waals surface area contributed by atoms with E-state index in [1.165, 1.54) is 0 Å². The van der Waals surface area contributed by atoms with Crippen molar-refractivity contribution >= 4 is 35.7 Å².